The van der Waals surface area contributed by atoms with E-state index in [1.165, 1.54) is 40.5 Å². The molecule has 12 heteroatoms. The topological polar surface area (TPSA) is 120 Å². The summed E-state index contributed by atoms with van der Waals surface area (Å²) in [6.07, 6.45) is 2.18. The van der Waals surface area contributed by atoms with Crippen LogP contribution >= 0.6 is 47.0 Å². The first-order valence-electron chi connectivity index (χ1n) is 28.5. The van der Waals surface area contributed by atoms with E-state index in [0.29, 0.717) is 37.9 Å². The maximum atomic E-state index is 11.9. The minimum absolute atomic E-state index is 0.00951. The van der Waals surface area contributed by atoms with E-state index >= 15 is 0 Å². The number of thioether (sulfide) groups is 4. The Morgan fingerprint density at radius 1 is 0.560 bits per heavy atom. The number of carbonyl (C=O) groups excluding carboxylic acids is 1. The van der Waals surface area contributed by atoms with Gasteiger partial charge in [-0.25, -0.2) is 10.1 Å². The van der Waals surface area contributed by atoms with Crippen molar-refractivity contribution in [3.05, 3.63) is 193 Å². The summed E-state index contributed by atoms with van der Waals surface area (Å²) in [4.78, 5) is 17.0. The van der Waals surface area contributed by atoms with E-state index in [9.17, 15) is 25.8 Å². The highest BCUT2D eigenvalue weighted by atomic mass is 32.2. The van der Waals surface area contributed by atoms with Gasteiger partial charge in [0.15, 0.2) is 0 Å². The molecule has 0 unspecified atom stereocenters. The number of carbonyl (C=O) groups is 1. The monoisotopic (exact) mass is 1190 g/mol. The summed E-state index contributed by atoms with van der Waals surface area (Å²) in [7, 11) is 0. The maximum absolute atomic E-state index is 11.9. The number of benzene rings is 7. The normalized spacial score (nSPS) is 15.6. The number of rotatable bonds is 2. The molecule has 432 valence electrons. The summed E-state index contributed by atoms with van der Waals surface area (Å²) in [5.41, 5.74) is 2.38. The fourth-order valence-corrected chi connectivity index (χ4v) is 14.7. The van der Waals surface area contributed by atoms with Crippen LogP contribution in [0.1, 0.15) is 126 Å². The Kier molecular flexibility index (Phi) is 23.4. The predicted octanol–water partition coefficient (Wildman–Crippen LogP) is 17.9. The SMILES string of the molecule is C1=CSC(=c2c3ccccc3c(=C3SC=CS3)c3ccccc23)S1.C=C1c2ccccc2C(=O)N1C(C)C.CC(C)C.CC(C)C.CC(C)C1CC(C)(C)N(O)C(C)(C)C1.[C-]#[N+]C(C#N)=c1c2ccccc2c(=C(C#N)C#N)c2ccccc12. The maximum Gasteiger partial charge on any atom is 0.270 e. The second kappa shape index (κ2) is 29.7. The Balaban J connectivity index is 0.000000177. The van der Waals surface area contributed by atoms with E-state index < -0.39 is 0 Å². The van der Waals surface area contributed by atoms with E-state index in [0.717, 1.165) is 47.4 Å². The summed E-state index contributed by atoms with van der Waals surface area (Å²) < 4.78 is 2.76. The van der Waals surface area contributed by atoms with E-state index in [-0.39, 0.29) is 34.3 Å². The Hall–Kier alpha value is -6.97. The van der Waals surface area contributed by atoms with Crippen LogP contribution in [0.2, 0.25) is 0 Å². The van der Waals surface area contributed by atoms with Gasteiger partial charge in [-0.1, -0.05) is 224 Å². The average molecular weight is 1190 g/mol. The molecule has 0 saturated carbocycles. The summed E-state index contributed by atoms with van der Waals surface area (Å²) >= 11 is 7.33. The summed E-state index contributed by atoms with van der Waals surface area (Å²) in [6, 6.07) is 45.8. The molecule has 0 radical (unpaired) electrons. The largest absolute Gasteiger partial charge is 0.313 e. The van der Waals surface area contributed by atoms with Gasteiger partial charge in [-0.05, 0) is 149 Å². The lowest BCUT2D eigenvalue weighted by Gasteiger charge is -2.52. The predicted molar refractivity (Wildman–Crippen MR) is 364 cm³/mol. The van der Waals surface area contributed by atoms with Gasteiger partial charge in [-0.2, -0.15) is 15.6 Å². The van der Waals surface area contributed by atoms with Gasteiger partial charge in [-0.15, -0.1) is 0 Å². The number of hydroxylamine groups is 2. The number of nitriles is 3. The van der Waals surface area contributed by atoms with Crippen LogP contribution in [-0.2, 0) is 0 Å². The van der Waals surface area contributed by atoms with Crippen LogP contribution in [0.5, 0.6) is 0 Å². The smallest absolute Gasteiger partial charge is 0.270 e. The van der Waals surface area contributed by atoms with Crippen LogP contribution in [0.3, 0.4) is 0 Å². The molecule has 1 N–H and O–H groups in total. The van der Waals surface area contributed by atoms with Crippen molar-refractivity contribution in [2.45, 2.75) is 127 Å². The molecule has 0 aliphatic carbocycles. The van der Waals surface area contributed by atoms with Crippen molar-refractivity contribution >= 4 is 121 Å². The lowest BCUT2D eigenvalue weighted by Crippen LogP contribution is -2.59. The average Bonchev–Trinajstić information content (AvgIpc) is 1.22. The molecular formula is C72H78N6O2S4. The van der Waals surface area contributed by atoms with Crippen molar-refractivity contribution < 1.29 is 10.0 Å². The van der Waals surface area contributed by atoms with Crippen molar-refractivity contribution in [3.8, 4) is 18.2 Å². The third-order valence-electron chi connectivity index (χ3n) is 14.1. The molecule has 0 atom stereocenters. The summed E-state index contributed by atoms with van der Waals surface area (Å²) in [5, 5.41) is 60.4. The van der Waals surface area contributed by atoms with E-state index in [2.05, 4.69) is 165 Å². The molecule has 1 amide bonds. The molecule has 4 heterocycles. The van der Waals surface area contributed by atoms with Crippen LogP contribution in [0.15, 0.2) is 150 Å². The minimum Gasteiger partial charge on any atom is -0.313 e. The van der Waals surface area contributed by atoms with Gasteiger partial charge in [0.25, 0.3) is 11.6 Å². The third kappa shape index (κ3) is 15.3. The summed E-state index contributed by atoms with van der Waals surface area (Å²) in [5.74, 6) is 3.17. The lowest BCUT2D eigenvalue weighted by molar-refractivity contribution is -0.253. The zero-order chi connectivity index (χ0) is 61.6. The highest BCUT2D eigenvalue weighted by Crippen LogP contribution is 2.43. The second-order valence-electron chi connectivity index (χ2n) is 24.0. The zero-order valence-electron chi connectivity index (χ0n) is 51.0. The molecule has 0 bridgehead atoms. The molecule has 1 fully saturated rings. The molecule has 7 aromatic rings. The van der Waals surface area contributed by atoms with Gasteiger partial charge < -0.3 is 10.1 Å². The first kappa shape index (κ1) is 66.2. The number of amides is 1. The van der Waals surface area contributed by atoms with Crippen LogP contribution < -0.4 is 20.9 Å². The van der Waals surface area contributed by atoms with E-state index in [1.54, 1.807) is 46.4 Å². The second-order valence-corrected chi connectivity index (χ2v) is 28.2. The van der Waals surface area contributed by atoms with Gasteiger partial charge >= 0.3 is 0 Å². The molecule has 7 aromatic carbocycles. The van der Waals surface area contributed by atoms with Crippen LogP contribution in [0.25, 0.3) is 73.4 Å². The number of hydrogen-bond donors (Lipinski definition) is 1. The summed E-state index contributed by atoms with van der Waals surface area (Å²) in [6.45, 7) is 41.3. The fraction of sp³-hybridized carbons (Fsp3) is 0.319. The van der Waals surface area contributed by atoms with Gasteiger partial charge in [0.2, 0.25) is 0 Å². The molecule has 0 spiro atoms. The lowest BCUT2D eigenvalue weighted by atomic mass is 9.71. The fourth-order valence-electron chi connectivity index (χ4n) is 10.8. The molecule has 84 heavy (non-hydrogen) atoms. The van der Waals surface area contributed by atoms with Gasteiger partial charge in [0.1, 0.15) is 17.7 Å². The number of fused-ring (bicyclic) bond motifs is 5. The number of hydrogen-bond acceptors (Lipinski definition) is 10. The Bertz CT molecular complexity index is 3670. The Morgan fingerprint density at radius 2 is 0.881 bits per heavy atom. The molecule has 8 nitrogen and oxygen atoms in total. The molecule has 0 aromatic heterocycles. The first-order chi connectivity index (χ1) is 40.0. The molecule has 4 aliphatic rings. The van der Waals surface area contributed by atoms with Crippen LogP contribution in [-0.4, -0.2) is 38.2 Å². The van der Waals surface area contributed by atoms with Crippen molar-refractivity contribution in [1.29, 1.82) is 15.8 Å². The minimum atomic E-state index is -0.0866. The quantitative estimate of drug-likeness (QED) is 0.132. The molecule has 11 rings (SSSR count). The zero-order valence-corrected chi connectivity index (χ0v) is 54.3. The number of nitrogens with zero attached hydrogens (tertiary/aromatic N) is 6. The van der Waals surface area contributed by atoms with Crippen molar-refractivity contribution in [1.82, 2.24) is 9.96 Å². The highest BCUT2D eigenvalue weighted by molar-refractivity contribution is 8.35. The standard InChI is InChI=1S/C20H8N4.C20H12S4.C12H13NO.C12H25NO.2C4H10/c1-24-18(12-23)20-16-8-4-2-6-14(16)19(13(10-21)11-22)15-7-3-5-9-17(15)20;1-2-6-14-13(5-1)17(19-21-9-10-22-19)15-7-3-4-8-16(15)18(14)20-23-11-12-24-20;1-8(2)13-9(3)10-6-4-5-7-11(10)12(13)14;1-9(2)10-7-11(3,4)13(14)12(5,6)8-10;2*1-4(2)3/h2-9H;1-12H;4-8H,3H2,1-2H3;9-10,14H,7-8H2,1-6H3;2*4H,1-3H3. The Labute approximate surface area is 515 Å². The molecule has 4 aliphatic heterocycles. The molecular weight excluding hydrogens is 1110 g/mol. The van der Waals surface area contributed by atoms with Crippen LogP contribution in [0.4, 0.5) is 0 Å². The van der Waals surface area contributed by atoms with E-state index in [4.69, 9.17) is 6.57 Å². The van der Waals surface area contributed by atoms with Gasteiger partial charge in [-0.3, -0.25) is 4.79 Å². The first-order valence-corrected chi connectivity index (χ1v) is 32.0. The third-order valence-corrected chi connectivity index (χ3v) is 18.4. The van der Waals surface area contributed by atoms with Gasteiger partial charge in [0.05, 0.1) is 21.1 Å². The number of piperidine rings is 1. The molecule has 1 saturated heterocycles. The Morgan fingerprint density at radius 3 is 1.18 bits per heavy atom. The highest BCUT2D eigenvalue weighted by Gasteiger charge is 2.45. The van der Waals surface area contributed by atoms with Crippen molar-refractivity contribution in [2.75, 3.05) is 0 Å². The van der Waals surface area contributed by atoms with Gasteiger partial charge in [0, 0.05) is 54.8 Å². The van der Waals surface area contributed by atoms with Crippen LogP contribution in [0, 0.1) is 64.2 Å². The van der Waals surface area contributed by atoms with E-state index in [1.807, 2.05) is 116 Å². The van der Waals surface area contributed by atoms with Crippen molar-refractivity contribution in [2.24, 2.45) is 23.7 Å². The van der Waals surface area contributed by atoms with Crippen molar-refractivity contribution in [3.63, 3.8) is 0 Å².